The van der Waals surface area contributed by atoms with Gasteiger partial charge in [0.1, 0.15) is 11.5 Å². The van der Waals surface area contributed by atoms with Crippen molar-refractivity contribution in [2.75, 3.05) is 81.6 Å². The number of rotatable bonds is 30. The monoisotopic (exact) mass is 944 g/mol. The second-order valence-corrected chi connectivity index (χ2v) is 20.0. The lowest BCUT2D eigenvalue weighted by Crippen LogP contribution is -3.00. The Kier molecular flexibility index (Phi) is 31.4. The van der Waals surface area contributed by atoms with E-state index in [9.17, 15) is 9.59 Å². The first-order chi connectivity index (χ1) is 26.8. The van der Waals surface area contributed by atoms with E-state index in [1.165, 1.54) is 114 Å². The molecule has 0 aliphatic rings. The first-order valence-corrected chi connectivity index (χ1v) is 22.9. The third kappa shape index (κ3) is 26.7. The molecule has 0 aromatic heterocycles. The molecule has 0 saturated carbocycles. The van der Waals surface area contributed by atoms with Crippen molar-refractivity contribution in [3.63, 3.8) is 0 Å². The molecule has 7 nitrogen and oxygen atoms in total. The van der Waals surface area contributed by atoms with Crippen molar-refractivity contribution in [3.8, 4) is 11.5 Å². The lowest BCUT2D eigenvalue weighted by Gasteiger charge is -2.30. The van der Waals surface area contributed by atoms with Crippen LogP contribution in [0.2, 0.25) is 0 Å². The summed E-state index contributed by atoms with van der Waals surface area (Å²) < 4.78 is 14.1. The minimum Gasteiger partial charge on any atom is -1.00 e. The third-order valence-corrected chi connectivity index (χ3v) is 11.9. The van der Waals surface area contributed by atoms with Gasteiger partial charge in [-0.25, -0.2) is 9.59 Å². The van der Waals surface area contributed by atoms with Crippen molar-refractivity contribution >= 4 is 11.9 Å². The molecule has 0 atom stereocenters. The number of carbonyl (C=O) groups excluding carboxylic acids is 2. The van der Waals surface area contributed by atoms with Crippen molar-refractivity contribution in [2.45, 2.75) is 156 Å². The van der Waals surface area contributed by atoms with Crippen LogP contribution in [0, 0.1) is 13.8 Å². The average molecular weight is 946 g/mol. The number of hydrogen-bond acceptors (Lipinski definition) is 4. The van der Waals surface area contributed by atoms with Gasteiger partial charge in [0.25, 0.3) is 0 Å². The van der Waals surface area contributed by atoms with Crippen LogP contribution in [-0.4, -0.2) is 107 Å². The Bertz CT molecular complexity index is 1370. The Hall–Kier alpha value is -1.68. The quantitative estimate of drug-likeness (QED) is 0.0524. The Morgan fingerprint density at radius 2 is 0.700 bits per heavy atom. The Balaban J connectivity index is 0. The summed E-state index contributed by atoms with van der Waals surface area (Å²) in [7, 11) is 13.4. The van der Waals surface area contributed by atoms with Gasteiger partial charge in [-0.05, 0) is 111 Å². The molecule has 0 aliphatic carbocycles. The van der Waals surface area contributed by atoms with Crippen molar-refractivity contribution in [3.05, 3.63) is 58.7 Å². The minimum atomic E-state index is -0.141. The molecule has 0 radical (unpaired) electrons. The van der Waals surface area contributed by atoms with Crippen LogP contribution >= 0.6 is 0 Å². The van der Waals surface area contributed by atoms with Crippen LogP contribution < -0.4 is 51.3 Å². The first kappa shape index (κ1) is 60.4. The van der Waals surface area contributed by atoms with E-state index in [-0.39, 0.29) is 53.7 Å². The predicted molar refractivity (Wildman–Crippen MR) is 241 cm³/mol. The van der Waals surface area contributed by atoms with E-state index in [1.807, 2.05) is 38.1 Å². The second-order valence-electron chi connectivity index (χ2n) is 20.0. The zero-order valence-electron chi connectivity index (χ0n) is 40.3. The molecule has 60 heavy (non-hydrogen) atoms. The molecule has 0 spiro atoms. The Morgan fingerprint density at radius 1 is 0.450 bits per heavy atom. The number of aryl methyl sites for hydroxylation is 2. The molecule has 0 N–H and O–H groups in total. The number of quaternary nitrogens is 3. The highest BCUT2D eigenvalue weighted by Crippen LogP contribution is 2.26. The van der Waals surface area contributed by atoms with Gasteiger partial charge in [0.15, 0.2) is 13.1 Å². The van der Waals surface area contributed by atoms with Crippen LogP contribution in [0.3, 0.4) is 0 Å². The average Bonchev–Trinajstić information content (AvgIpc) is 3.10. The van der Waals surface area contributed by atoms with Crippen LogP contribution in [0.5, 0.6) is 11.5 Å². The summed E-state index contributed by atoms with van der Waals surface area (Å²) in [4.78, 5) is 25.5. The van der Waals surface area contributed by atoms with Crippen LogP contribution in [0.25, 0.3) is 0 Å². The number of esters is 2. The minimum absolute atomic E-state index is 0. The van der Waals surface area contributed by atoms with Crippen LogP contribution in [0.15, 0.2) is 36.4 Å². The van der Waals surface area contributed by atoms with E-state index in [2.05, 4.69) is 82.1 Å². The van der Waals surface area contributed by atoms with Gasteiger partial charge in [-0.15, -0.1) is 0 Å². The zero-order chi connectivity index (χ0) is 42.5. The van der Waals surface area contributed by atoms with E-state index in [0.29, 0.717) is 45.4 Å². The molecule has 2 aromatic rings. The number of ether oxygens (including phenoxy) is 2. The van der Waals surface area contributed by atoms with E-state index in [4.69, 9.17) is 9.47 Å². The van der Waals surface area contributed by atoms with Gasteiger partial charge in [0, 0.05) is 0 Å². The normalized spacial score (nSPS) is 11.8. The molecule has 2 aromatic carbocycles. The van der Waals surface area contributed by atoms with Gasteiger partial charge in [-0.2, -0.15) is 0 Å². The van der Waals surface area contributed by atoms with Crippen molar-refractivity contribution in [2.24, 2.45) is 0 Å². The van der Waals surface area contributed by atoms with Gasteiger partial charge in [0.2, 0.25) is 0 Å². The van der Waals surface area contributed by atoms with Gasteiger partial charge < -0.3 is 64.7 Å². The fourth-order valence-corrected chi connectivity index (χ4v) is 7.73. The molecular weight excluding hydrogens is 857 g/mol. The fourth-order valence-electron chi connectivity index (χ4n) is 7.73. The maximum atomic E-state index is 12.8. The molecule has 0 fully saturated rings. The smallest absolute Gasteiger partial charge is 0.367 e. The van der Waals surface area contributed by atoms with E-state index >= 15 is 0 Å². The Labute approximate surface area is 392 Å². The van der Waals surface area contributed by atoms with Crippen LogP contribution in [0.4, 0.5) is 0 Å². The van der Waals surface area contributed by atoms with Crippen LogP contribution in [-0.2, 0) is 9.59 Å². The standard InChI is InChI=1S/C50H88N3O4.BrH.2ClH/c1-41(2)45-31-29-43(5)47(37-45)56-49(54)39-52(9,10)35-27-23-19-15-13-17-21-25-33-51(7,8)34-26-22-18-14-16-20-24-28-36-53(11,12)40-50(55)57-48-38-46(42(3)4)32-30-44(48)6;;;/h29-32,37-38,41-42H,13-28,33-36,39-40H2,1-12H3;3*1H/q+3;;;/p-3. The SMILES string of the molecule is Cc1ccc(C(C)C)cc1OC(=O)C[N+](C)(C)CCCCCCCCCC[N+](C)(C)CCCCCCCCCC[N+](C)(C)CC(=O)Oc1cc(C(C)C)ccc1C.[Br-].[Cl-].[Cl-]. The van der Waals surface area contributed by atoms with Crippen LogP contribution in [0.1, 0.15) is 165 Å². The summed E-state index contributed by atoms with van der Waals surface area (Å²) in [5, 5.41) is 0. The highest BCUT2D eigenvalue weighted by molar-refractivity contribution is 5.74. The maximum absolute atomic E-state index is 12.8. The summed E-state index contributed by atoms with van der Waals surface area (Å²) in [5.41, 5.74) is 4.42. The van der Waals surface area contributed by atoms with E-state index in [0.717, 1.165) is 41.5 Å². The molecule has 0 unspecified atom stereocenters. The maximum Gasteiger partial charge on any atom is 0.367 e. The summed E-state index contributed by atoms with van der Waals surface area (Å²) >= 11 is 0. The molecule has 348 valence electrons. The third-order valence-electron chi connectivity index (χ3n) is 11.9. The molecule has 0 saturated heterocycles. The number of hydrogen-bond donors (Lipinski definition) is 0. The summed E-state index contributed by atoms with van der Waals surface area (Å²) in [5.74, 6) is 1.94. The van der Waals surface area contributed by atoms with E-state index < -0.39 is 0 Å². The number of likely N-dealkylation sites (N-methyl/N-ethyl adjacent to an activating group) is 2. The van der Waals surface area contributed by atoms with Gasteiger partial charge in [-0.3, -0.25) is 0 Å². The molecule has 0 bridgehead atoms. The highest BCUT2D eigenvalue weighted by atomic mass is 79.9. The van der Waals surface area contributed by atoms with Crippen molar-refractivity contribution in [1.82, 2.24) is 0 Å². The van der Waals surface area contributed by atoms with Gasteiger partial charge in [-0.1, -0.05) is 103 Å². The lowest BCUT2D eigenvalue weighted by atomic mass is 10.0. The predicted octanol–water partition coefficient (Wildman–Crippen LogP) is 2.54. The molecule has 0 aliphatic heterocycles. The number of carbonyl (C=O) groups is 2. The second kappa shape index (κ2) is 31.2. The molecule has 0 heterocycles. The zero-order valence-corrected chi connectivity index (χ0v) is 43.4. The lowest BCUT2D eigenvalue weighted by molar-refractivity contribution is -0.890. The highest BCUT2D eigenvalue weighted by Gasteiger charge is 2.23. The summed E-state index contributed by atoms with van der Waals surface area (Å²) in [6, 6.07) is 12.4. The molecule has 2 rings (SSSR count). The van der Waals surface area contributed by atoms with Crippen molar-refractivity contribution in [1.29, 1.82) is 0 Å². The number of halogens is 3. The number of unbranched alkanes of at least 4 members (excludes halogenated alkanes) is 14. The van der Waals surface area contributed by atoms with E-state index in [1.54, 1.807) is 0 Å². The largest absolute Gasteiger partial charge is 1.00 e. The topological polar surface area (TPSA) is 52.6 Å². The van der Waals surface area contributed by atoms with Gasteiger partial charge >= 0.3 is 11.9 Å². The summed E-state index contributed by atoms with van der Waals surface area (Å²) in [6.07, 6.45) is 20.7. The van der Waals surface area contributed by atoms with Crippen molar-refractivity contribution < 1.29 is 74.3 Å². The Morgan fingerprint density at radius 3 is 0.967 bits per heavy atom. The molecular formula is C50H88BrCl2N3O4. The number of nitrogens with zero attached hydrogens (tertiary/aromatic N) is 3. The molecule has 10 heteroatoms. The molecule has 0 amide bonds. The first-order valence-electron chi connectivity index (χ1n) is 22.9. The van der Waals surface area contributed by atoms with Gasteiger partial charge in [0.05, 0.1) is 68.5 Å². The number of benzene rings is 2. The fraction of sp³-hybridized carbons (Fsp3) is 0.720. The summed E-state index contributed by atoms with van der Waals surface area (Å²) in [6.45, 7) is 18.0.